The molecule has 2 atom stereocenters. The lowest BCUT2D eigenvalue weighted by Crippen LogP contribution is -2.45. The Kier molecular flexibility index (Phi) is 11.3. The Hall–Kier alpha value is -1.85. The normalized spacial score (nSPS) is 17.3. The summed E-state index contributed by atoms with van der Waals surface area (Å²) in [5.41, 5.74) is 1.17. The molecule has 2 N–H and O–H groups in total. The monoisotopic (exact) mass is 572 g/mol. The van der Waals surface area contributed by atoms with Crippen molar-refractivity contribution in [2.24, 2.45) is 4.99 Å². The van der Waals surface area contributed by atoms with Gasteiger partial charge in [0.1, 0.15) is 11.5 Å². The summed E-state index contributed by atoms with van der Waals surface area (Å²) in [6.45, 7) is 3.37. The number of nitrogens with zero attached hydrogens (tertiary/aromatic N) is 2. The lowest BCUT2D eigenvalue weighted by molar-refractivity contribution is 0.321. The highest BCUT2D eigenvalue weighted by Gasteiger charge is 2.23. The van der Waals surface area contributed by atoms with Gasteiger partial charge in [-0.2, -0.15) is 0 Å². The number of benzene rings is 2. The van der Waals surface area contributed by atoms with Crippen molar-refractivity contribution < 1.29 is 13.7 Å². The van der Waals surface area contributed by atoms with Gasteiger partial charge in [-0.15, -0.1) is 24.0 Å². The predicted octanol–water partition coefficient (Wildman–Crippen LogP) is 2.87. The van der Waals surface area contributed by atoms with Gasteiger partial charge in [0.05, 0.1) is 25.0 Å². The molecule has 0 saturated carbocycles. The van der Waals surface area contributed by atoms with Crippen molar-refractivity contribution in [3.63, 3.8) is 0 Å². The summed E-state index contributed by atoms with van der Waals surface area (Å²) < 4.78 is 23.1. The van der Waals surface area contributed by atoms with Gasteiger partial charge in [-0.05, 0) is 36.2 Å². The van der Waals surface area contributed by atoms with E-state index in [1.54, 1.807) is 21.3 Å². The summed E-state index contributed by atoms with van der Waals surface area (Å²) in [7, 11) is 4.09. The molecular formula is C23H33IN4O3S. The van der Waals surface area contributed by atoms with Crippen LogP contribution in [0.4, 0.5) is 0 Å². The lowest BCUT2D eigenvalue weighted by Gasteiger charge is -2.19. The summed E-state index contributed by atoms with van der Waals surface area (Å²) in [5.74, 6) is 2.90. The minimum atomic E-state index is -1.01. The molecule has 32 heavy (non-hydrogen) atoms. The van der Waals surface area contributed by atoms with E-state index in [4.69, 9.17) is 9.47 Å². The molecule has 1 aliphatic heterocycles. The van der Waals surface area contributed by atoms with Crippen LogP contribution in [-0.2, 0) is 17.3 Å². The number of aliphatic imine (C=N–C) groups is 1. The van der Waals surface area contributed by atoms with Crippen LogP contribution in [0.5, 0.6) is 11.5 Å². The molecule has 2 unspecified atom stereocenters. The summed E-state index contributed by atoms with van der Waals surface area (Å²) in [5, 5.41) is 6.77. The first-order valence-corrected chi connectivity index (χ1v) is 11.8. The molecule has 7 nitrogen and oxygen atoms in total. The molecule has 2 aromatic rings. The van der Waals surface area contributed by atoms with Gasteiger partial charge < -0.3 is 20.1 Å². The number of hydrogen-bond acceptors (Lipinski definition) is 5. The molecule has 9 heteroatoms. The van der Waals surface area contributed by atoms with Crippen LogP contribution in [0.1, 0.15) is 12.0 Å². The van der Waals surface area contributed by atoms with Crippen molar-refractivity contribution >= 4 is 40.7 Å². The van der Waals surface area contributed by atoms with Gasteiger partial charge in [0, 0.05) is 56.0 Å². The van der Waals surface area contributed by atoms with Crippen LogP contribution in [0.15, 0.2) is 58.4 Å². The number of guanidine groups is 1. The zero-order valence-corrected chi connectivity index (χ0v) is 22.0. The van der Waals surface area contributed by atoms with Crippen molar-refractivity contribution in [1.29, 1.82) is 0 Å². The van der Waals surface area contributed by atoms with Crippen molar-refractivity contribution in [2.75, 3.05) is 46.7 Å². The van der Waals surface area contributed by atoms with Gasteiger partial charge in [-0.25, -0.2) is 0 Å². The molecule has 1 heterocycles. The number of methoxy groups -OCH3 is 2. The van der Waals surface area contributed by atoms with Crippen molar-refractivity contribution in [1.82, 2.24) is 15.5 Å². The van der Waals surface area contributed by atoms with Crippen LogP contribution in [0.2, 0.25) is 0 Å². The SMILES string of the molecule is CN=C(NCCS(=O)c1ccccc1)NC1CCN(Cc2cc(OC)cc(OC)c2)C1.I. The lowest BCUT2D eigenvalue weighted by atomic mass is 10.2. The largest absolute Gasteiger partial charge is 0.497 e. The van der Waals surface area contributed by atoms with Gasteiger partial charge in [0.25, 0.3) is 0 Å². The highest BCUT2D eigenvalue weighted by atomic mass is 127. The van der Waals surface area contributed by atoms with E-state index in [1.807, 2.05) is 36.4 Å². The maximum absolute atomic E-state index is 12.4. The Balaban J connectivity index is 0.00000363. The average Bonchev–Trinajstić information content (AvgIpc) is 3.25. The van der Waals surface area contributed by atoms with Crippen LogP contribution in [0, 0.1) is 0 Å². The van der Waals surface area contributed by atoms with Crippen molar-refractivity contribution in [3.05, 3.63) is 54.1 Å². The second-order valence-corrected chi connectivity index (χ2v) is 9.02. The molecule has 1 fully saturated rings. The highest BCUT2D eigenvalue weighted by Crippen LogP contribution is 2.24. The first-order chi connectivity index (χ1) is 15.1. The quantitative estimate of drug-likeness (QED) is 0.274. The zero-order chi connectivity index (χ0) is 22.1. The van der Waals surface area contributed by atoms with Crippen LogP contribution in [0.3, 0.4) is 0 Å². The Bertz CT molecular complexity index is 876. The number of nitrogens with one attached hydrogen (secondary N) is 2. The summed E-state index contributed by atoms with van der Waals surface area (Å²) in [4.78, 5) is 7.58. The van der Waals surface area contributed by atoms with Gasteiger partial charge in [-0.1, -0.05) is 18.2 Å². The summed E-state index contributed by atoms with van der Waals surface area (Å²) in [6, 6.07) is 15.9. The third-order valence-electron chi connectivity index (χ3n) is 5.24. The minimum absolute atomic E-state index is 0. The molecule has 176 valence electrons. The second-order valence-electron chi connectivity index (χ2n) is 7.45. The molecule has 0 aromatic heterocycles. The molecule has 1 saturated heterocycles. The van der Waals surface area contributed by atoms with Crippen LogP contribution in [-0.4, -0.2) is 67.8 Å². The fraction of sp³-hybridized carbons (Fsp3) is 0.435. The molecule has 0 bridgehead atoms. The van der Waals surface area contributed by atoms with Gasteiger partial charge in [-0.3, -0.25) is 14.1 Å². The van der Waals surface area contributed by atoms with Crippen LogP contribution < -0.4 is 20.1 Å². The Morgan fingerprint density at radius 3 is 2.47 bits per heavy atom. The average molecular weight is 573 g/mol. The number of halogens is 1. The zero-order valence-electron chi connectivity index (χ0n) is 18.9. The number of likely N-dealkylation sites (tertiary alicyclic amines) is 1. The first kappa shape index (κ1) is 26.4. The smallest absolute Gasteiger partial charge is 0.191 e. The van der Waals surface area contributed by atoms with E-state index < -0.39 is 10.8 Å². The van der Waals surface area contributed by atoms with Crippen molar-refractivity contribution in [3.8, 4) is 11.5 Å². The molecule has 3 rings (SSSR count). The van der Waals surface area contributed by atoms with E-state index in [0.29, 0.717) is 18.3 Å². The molecule has 0 spiro atoms. The molecule has 0 radical (unpaired) electrons. The van der Waals surface area contributed by atoms with E-state index in [-0.39, 0.29) is 24.0 Å². The minimum Gasteiger partial charge on any atom is -0.497 e. The van der Waals surface area contributed by atoms with Gasteiger partial charge in [0.15, 0.2) is 5.96 Å². The number of ether oxygens (including phenoxy) is 2. The molecular weight excluding hydrogens is 539 g/mol. The fourth-order valence-corrected chi connectivity index (χ4v) is 4.63. The van der Waals surface area contributed by atoms with Crippen LogP contribution >= 0.6 is 24.0 Å². The third-order valence-corrected chi connectivity index (χ3v) is 6.61. The fourth-order valence-electron chi connectivity index (χ4n) is 3.65. The predicted molar refractivity (Wildman–Crippen MR) is 141 cm³/mol. The van der Waals surface area contributed by atoms with E-state index in [0.717, 1.165) is 48.4 Å². The van der Waals surface area contributed by atoms with Crippen molar-refractivity contribution in [2.45, 2.75) is 23.9 Å². The Morgan fingerprint density at radius 2 is 1.84 bits per heavy atom. The van der Waals surface area contributed by atoms with E-state index >= 15 is 0 Å². The van der Waals surface area contributed by atoms with Gasteiger partial charge >= 0.3 is 0 Å². The van der Waals surface area contributed by atoms with E-state index in [2.05, 4.69) is 32.7 Å². The highest BCUT2D eigenvalue weighted by molar-refractivity contribution is 14.0. The van der Waals surface area contributed by atoms with Gasteiger partial charge in [0.2, 0.25) is 0 Å². The standard InChI is InChI=1S/C23H32N4O3S.HI/c1-24-23(25-10-12-31(28)22-7-5-4-6-8-22)26-19-9-11-27(17-19)16-18-13-20(29-2)15-21(14-18)30-3;/h4-8,13-15,19H,9-12,16-17H2,1-3H3,(H2,24,25,26);1H. The number of rotatable bonds is 9. The molecule has 0 amide bonds. The molecule has 2 aromatic carbocycles. The Morgan fingerprint density at radius 1 is 1.16 bits per heavy atom. The topological polar surface area (TPSA) is 75.2 Å². The molecule has 1 aliphatic rings. The summed E-state index contributed by atoms with van der Waals surface area (Å²) in [6.07, 6.45) is 1.04. The molecule has 0 aliphatic carbocycles. The van der Waals surface area contributed by atoms with Crippen LogP contribution in [0.25, 0.3) is 0 Å². The first-order valence-electron chi connectivity index (χ1n) is 10.5. The Labute approximate surface area is 210 Å². The summed E-state index contributed by atoms with van der Waals surface area (Å²) >= 11 is 0. The van der Waals surface area contributed by atoms with E-state index in [9.17, 15) is 4.21 Å². The maximum Gasteiger partial charge on any atom is 0.191 e. The third kappa shape index (κ3) is 7.93. The number of hydrogen-bond donors (Lipinski definition) is 2. The second kappa shape index (κ2) is 13.6. The maximum atomic E-state index is 12.4. The van der Waals surface area contributed by atoms with E-state index in [1.165, 1.54) is 5.56 Å².